The molecule has 2 aromatic rings. The van der Waals surface area contributed by atoms with Crippen LogP contribution in [0.25, 0.3) is 11.1 Å². The summed E-state index contributed by atoms with van der Waals surface area (Å²) in [5.74, 6) is 0.287. The fourth-order valence-corrected chi connectivity index (χ4v) is 4.68. The topological polar surface area (TPSA) is 26.8 Å². The van der Waals surface area contributed by atoms with E-state index in [9.17, 15) is 4.79 Å². The van der Waals surface area contributed by atoms with Gasteiger partial charge in [0.2, 0.25) is 5.91 Å². The molecule has 4 nitrogen and oxygen atoms in total. The van der Waals surface area contributed by atoms with Crippen LogP contribution >= 0.6 is 0 Å². The number of rotatable bonds is 5. The largest absolute Gasteiger partial charge is 0.339 e. The van der Waals surface area contributed by atoms with E-state index in [1.807, 2.05) is 13.8 Å². The molecule has 0 saturated carbocycles. The molecule has 1 amide bonds. The number of aryl methyl sites for hydroxylation is 1. The van der Waals surface area contributed by atoms with Crippen molar-refractivity contribution in [2.24, 2.45) is 0 Å². The summed E-state index contributed by atoms with van der Waals surface area (Å²) in [6.07, 6.45) is 2.08. The van der Waals surface area contributed by atoms with Crippen LogP contribution in [0.3, 0.4) is 0 Å². The van der Waals surface area contributed by atoms with Gasteiger partial charge in [-0.25, -0.2) is 0 Å². The van der Waals surface area contributed by atoms with E-state index < -0.39 is 0 Å². The molecule has 1 saturated heterocycles. The first-order valence-corrected chi connectivity index (χ1v) is 12.5. The summed E-state index contributed by atoms with van der Waals surface area (Å²) in [5, 5.41) is 0. The van der Waals surface area contributed by atoms with Crippen LogP contribution < -0.4 is 0 Å². The summed E-state index contributed by atoms with van der Waals surface area (Å²) >= 11 is 0. The van der Waals surface area contributed by atoms with E-state index in [4.69, 9.17) is 0 Å². The molecule has 0 aromatic heterocycles. The normalized spacial score (nSPS) is 17.0. The zero-order valence-electron chi connectivity index (χ0n) is 20.7. The monoisotopic (exact) mass is 435 g/mol. The molecule has 0 unspecified atom stereocenters. The number of nitrogens with zero attached hydrogens (tertiary/aromatic N) is 3. The van der Waals surface area contributed by atoms with Crippen molar-refractivity contribution in [1.82, 2.24) is 14.7 Å². The zero-order valence-corrected chi connectivity index (χ0v) is 20.7. The highest BCUT2D eigenvalue weighted by atomic mass is 16.2. The highest BCUT2D eigenvalue weighted by molar-refractivity contribution is 5.78. The Morgan fingerprint density at radius 1 is 0.906 bits per heavy atom. The number of hydrogen-bond donors (Lipinski definition) is 0. The second-order valence-electron chi connectivity index (χ2n) is 9.01. The smallest absolute Gasteiger partial charge is 0.236 e. The van der Waals surface area contributed by atoms with Gasteiger partial charge in [0, 0.05) is 45.3 Å². The van der Waals surface area contributed by atoms with Gasteiger partial charge in [0.25, 0.3) is 0 Å². The van der Waals surface area contributed by atoms with Crippen molar-refractivity contribution in [3.63, 3.8) is 0 Å². The van der Waals surface area contributed by atoms with E-state index in [0.29, 0.717) is 12.6 Å². The molecule has 4 heteroatoms. The van der Waals surface area contributed by atoms with Crippen molar-refractivity contribution < 1.29 is 4.79 Å². The van der Waals surface area contributed by atoms with Gasteiger partial charge in [0.1, 0.15) is 0 Å². The maximum absolute atomic E-state index is 12.8. The minimum absolute atomic E-state index is 0.287. The van der Waals surface area contributed by atoms with Gasteiger partial charge in [0.05, 0.1) is 6.54 Å². The summed E-state index contributed by atoms with van der Waals surface area (Å²) in [7, 11) is 0. The molecule has 0 atom stereocenters. The average Bonchev–Trinajstić information content (AvgIpc) is 2.85. The van der Waals surface area contributed by atoms with Gasteiger partial charge >= 0.3 is 0 Å². The second-order valence-corrected chi connectivity index (χ2v) is 9.01. The Morgan fingerprint density at radius 3 is 2.31 bits per heavy atom. The molecule has 2 aliphatic rings. The van der Waals surface area contributed by atoms with E-state index in [1.54, 1.807) is 0 Å². The lowest BCUT2D eigenvalue weighted by Crippen LogP contribution is -2.53. The van der Waals surface area contributed by atoms with Gasteiger partial charge in [-0.2, -0.15) is 0 Å². The van der Waals surface area contributed by atoms with Gasteiger partial charge in [-0.1, -0.05) is 63.2 Å². The second kappa shape index (κ2) is 11.6. The van der Waals surface area contributed by atoms with Crippen molar-refractivity contribution in [3.8, 4) is 11.1 Å². The summed E-state index contributed by atoms with van der Waals surface area (Å²) in [4.78, 5) is 19.6. The third kappa shape index (κ3) is 5.99. The van der Waals surface area contributed by atoms with Crippen molar-refractivity contribution in [2.45, 2.75) is 60.0 Å². The van der Waals surface area contributed by atoms with Crippen LogP contribution in [0.1, 0.15) is 51.3 Å². The number of carbonyl (C=O) groups is 1. The van der Waals surface area contributed by atoms with Crippen LogP contribution in [-0.4, -0.2) is 65.9 Å². The first kappa shape index (κ1) is 24.5. The first-order valence-electron chi connectivity index (χ1n) is 12.5. The first-order chi connectivity index (χ1) is 15.5. The van der Waals surface area contributed by atoms with Crippen LogP contribution in [0.4, 0.5) is 0 Å². The fraction of sp³-hybridized carbons (Fsp3) is 0.536. The van der Waals surface area contributed by atoms with Crippen LogP contribution in [0.2, 0.25) is 0 Å². The maximum Gasteiger partial charge on any atom is 0.236 e. The van der Waals surface area contributed by atoms with Crippen molar-refractivity contribution >= 4 is 5.91 Å². The molecule has 0 N–H and O–H groups in total. The van der Waals surface area contributed by atoms with E-state index in [2.05, 4.69) is 77.9 Å². The molecule has 0 aliphatic carbocycles. The number of piperazine rings is 1. The maximum atomic E-state index is 12.8. The van der Waals surface area contributed by atoms with Crippen LogP contribution in [0.15, 0.2) is 42.5 Å². The van der Waals surface area contributed by atoms with Gasteiger partial charge in [-0.15, -0.1) is 0 Å². The zero-order chi connectivity index (χ0) is 23.1. The molecule has 1 fully saturated rings. The highest BCUT2D eigenvalue weighted by Gasteiger charge is 2.25. The summed E-state index contributed by atoms with van der Waals surface area (Å²) in [6.45, 7) is 16.8. The molecular formula is C28H41N3O. The number of fused-ring (bicyclic) bond motifs is 1. The van der Waals surface area contributed by atoms with Crippen LogP contribution in [-0.2, 0) is 24.2 Å². The summed E-state index contributed by atoms with van der Waals surface area (Å²) < 4.78 is 0. The Balaban J connectivity index is 0.00000141. The number of hydrogen-bond acceptors (Lipinski definition) is 3. The quantitative estimate of drug-likeness (QED) is 0.671. The highest BCUT2D eigenvalue weighted by Crippen LogP contribution is 2.27. The van der Waals surface area contributed by atoms with E-state index in [-0.39, 0.29) is 5.91 Å². The van der Waals surface area contributed by atoms with Crippen molar-refractivity contribution in [1.29, 1.82) is 0 Å². The molecule has 0 bridgehead atoms. The lowest BCUT2D eigenvalue weighted by Gasteiger charge is -2.38. The minimum Gasteiger partial charge on any atom is -0.339 e. The Hall–Kier alpha value is -2.17. The van der Waals surface area contributed by atoms with Crippen molar-refractivity contribution in [2.75, 3.05) is 39.3 Å². The molecular weight excluding hydrogens is 394 g/mol. The lowest BCUT2D eigenvalue weighted by molar-refractivity contribution is -0.134. The van der Waals surface area contributed by atoms with Gasteiger partial charge in [0.15, 0.2) is 0 Å². The molecule has 2 aliphatic heterocycles. The summed E-state index contributed by atoms with van der Waals surface area (Å²) in [5.41, 5.74) is 6.79. The minimum atomic E-state index is 0.287. The SMILES string of the molecule is CC.CCc1cccc(-c2ccc3c(c2)CCN(CC(=O)N2CCN(C(C)C)CC2)C3)c1. The molecule has 0 spiro atoms. The standard InChI is InChI=1S/C26H35N3O.C2H6/c1-4-21-6-5-7-22(16-21)23-8-9-25-18-27(11-10-24(25)17-23)19-26(30)29-14-12-28(13-15-29)20(2)3;1-2/h5-9,16-17,20H,4,10-15,18-19H2,1-3H3;1-2H3. The third-order valence-corrected chi connectivity index (χ3v) is 6.72. The van der Waals surface area contributed by atoms with E-state index >= 15 is 0 Å². The van der Waals surface area contributed by atoms with Crippen LogP contribution in [0, 0.1) is 0 Å². The predicted octanol–water partition coefficient (Wildman–Crippen LogP) is 4.85. The molecule has 0 radical (unpaired) electrons. The molecule has 174 valence electrons. The Labute approximate surface area is 195 Å². The van der Waals surface area contributed by atoms with Gasteiger partial charge in [-0.05, 0) is 54.5 Å². The number of amides is 1. The average molecular weight is 436 g/mol. The Morgan fingerprint density at radius 2 is 1.62 bits per heavy atom. The molecule has 32 heavy (non-hydrogen) atoms. The third-order valence-electron chi connectivity index (χ3n) is 6.72. The van der Waals surface area contributed by atoms with E-state index in [1.165, 1.54) is 27.8 Å². The summed E-state index contributed by atoms with van der Waals surface area (Å²) in [6, 6.07) is 16.3. The van der Waals surface area contributed by atoms with E-state index in [0.717, 1.165) is 52.1 Å². The predicted molar refractivity (Wildman–Crippen MR) is 135 cm³/mol. The van der Waals surface area contributed by atoms with Gasteiger partial charge < -0.3 is 4.90 Å². The number of carbonyl (C=O) groups excluding carboxylic acids is 1. The number of benzene rings is 2. The van der Waals surface area contributed by atoms with Gasteiger partial charge in [-0.3, -0.25) is 14.6 Å². The van der Waals surface area contributed by atoms with Crippen LogP contribution in [0.5, 0.6) is 0 Å². The Bertz CT molecular complexity index is 884. The molecule has 2 heterocycles. The lowest BCUT2D eigenvalue weighted by atomic mass is 9.94. The van der Waals surface area contributed by atoms with Crippen molar-refractivity contribution in [3.05, 3.63) is 59.2 Å². The fourth-order valence-electron chi connectivity index (χ4n) is 4.68. The molecule has 2 aromatic carbocycles. The Kier molecular flexibility index (Phi) is 8.89. The molecule has 4 rings (SSSR count).